The molecular formula is C26H20F7N3O2S2. The van der Waals surface area contributed by atoms with E-state index < -0.39 is 51.9 Å². The highest BCUT2D eigenvalue weighted by atomic mass is 32.2. The van der Waals surface area contributed by atoms with E-state index in [1.807, 2.05) is 0 Å². The monoisotopic (exact) mass is 603 g/mol. The van der Waals surface area contributed by atoms with E-state index in [1.165, 1.54) is 6.92 Å². The number of halogens is 7. The lowest BCUT2D eigenvalue weighted by Gasteiger charge is -2.18. The fourth-order valence-electron chi connectivity index (χ4n) is 3.41. The van der Waals surface area contributed by atoms with Crippen LogP contribution in [0.15, 0.2) is 53.4 Å². The molecule has 0 spiro atoms. The topological polar surface area (TPSA) is 70.2 Å². The number of hydrogen-bond acceptors (Lipinski definition) is 4. The van der Waals surface area contributed by atoms with Crippen LogP contribution >= 0.6 is 24.0 Å². The smallest absolute Gasteiger partial charge is 0.332 e. The molecule has 3 aromatic rings. The summed E-state index contributed by atoms with van der Waals surface area (Å²) in [5, 5.41) is 6.71. The van der Waals surface area contributed by atoms with Gasteiger partial charge >= 0.3 is 6.18 Å². The maximum atomic E-state index is 14.2. The van der Waals surface area contributed by atoms with Crippen LogP contribution in [0, 0.1) is 23.3 Å². The molecule has 0 fully saturated rings. The lowest BCUT2D eigenvalue weighted by molar-refractivity contribution is -0.143. The Morgan fingerprint density at radius 3 is 1.98 bits per heavy atom. The molecule has 14 heteroatoms. The van der Waals surface area contributed by atoms with Crippen molar-refractivity contribution in [1.29, 1.82) is 0 Å². The Morgan fingerprint density at radius 1 is 0.875 bits per heavy atom. The van der Waals surface area contributed by atoms with E-state index in [0.717, 1.165) is 11.8 Å². The summed E-state index contributed by atoms with van der Waals surface area (Å²) in [7, 11) is 0. The van der Waals surface area contributed by atoms with Crippen LogP contribution in [0.1, 0.15) is 36.2 Å². The first-order valence-corrected chi connectivity index (χ1v) is 12.7. The minimum absolute atomic E-state index is 0.0826. The number of benzene rings is 3. The van der Waals surface area contributed by atoms with Crippen LogP contribution in [0.2, 0.25) is 0 Å². The van der Waals surface area contributed by atoms with Gasteiger partial charge < -0.3 is 16.0 Å². The van der Waals surface area contributed by atoms with Gasteiger partial charge in [-0.25, -0.2) is 17.6 Å². The molecule has 1 amide bonds. The summed E-state index contributed by atoms with van der Waals surface area (Å²) in [4.78, 5) is 24.6. The minimum Gasteiger partial charge on any atom is -0.332 e. The van der Waals surface area contributed by atoms with Gasteiger partial charge in [0.05, 0.1) is 5.25 Å². The Kier molecular flexibility index (Phi) is 9.79. The number of Topliss-reactive ketones (excluding diaryl/α,β-unsaturated/α-hetero) is 1. The molecule has 212 valence electrons. The highest BCUT2D eigenvalue weighted by molar-refractivity contribution is 8.00. The highest BCUT2D eigenvalue weighted by Crippen LogP contribution is 2.39. The first-order chi connectivity index (χ1) is 18.7. The van der Waals surface area contributed by atoms with Crippen molar-refractivity contribution in [2.75, 3.05) is 16.0 Å². The van der Waals surface area contributed by atoms with Gasteiger partial charge in [0.1, 0.15) is 11.3 Å². The standard InChI is InChI=1S/C26H20F7N3O2S2/c1-3-17(24(38)36-23-21(29)19(27)18(26(31,32)33)20(28)22(23)30)40-16-6-4-5-15(11-16)35-25(39)34-14-9-7-13(8-10-14)12(2)37/h4-11,17H,3H2,1-2H3,(H,36,38)(H2,34,35,39). The van der Waals surface area contributed by atoms with Crippen LogP contribution in [-0.4, -0.2) is 22.1 Å². The number of thiocarbonyl (C=S) groups is 1. The van der Waals surface area contributed by atoms with E-state index in [0.29, 0.717) is 21.8 Å². The van der Waals surface area contributed by atoms with Crippen LogP contribution < -0.4 is 16.0 Å². The summed E-state index contributed by atoms with van der Waals surface area (Å²) < 4.78 is 94.8. The quantitative estimate of drug-likeness (QED) is 0.0803. The van der Waals surface area contributed by atoms with Crippen LogP contribution in [0.4, 0.5) is 47.8 Å². The van der Waals surface area contributed by atoms with Crippen molar-refractivity contribution < 1.29 is 40.3 Å². The Balaban J connectivity index is 1.71. The van der Waals surface area contributed by atoms with Crippen LogP contribution in [0.25, 0.3) is 0 Å². The first-order valence-electron chi connectivity index (χ1n) is 11.4. The summed E-state index contributed by atoms with van der Waals surface area (Å²) >= 11 is 6.22. The van der Waals surface area contributed by atoms with Gasteiger partial charge in [-0.3, -0.25) is 9.59 Å². The van der Waals surface area contributed by atoms with Crippen molar-refractivity contribution in [3.05, 3.63) is 82.9 Å². The number of rotatable bonds is 8. The summed E-state index contributed by atoms with van der Waals surface area (Å²) in [5.41, 5.74) is -2.74. The van der Waals surface area contributed by atoms with Gasteiger partial charge in [0.25, 0.3) is 0 Å². The minimum atomic E-state index is -5.70. The molecule has 40 heavy (non-hydrogen) atoms. The second-order valence-corrected chi connectivity index (χ2v) is 9.93. The van der Waals surface area contributed by atoms with Gasteiger partial charge in [-0.1, -0.05) is 13.0 Å². The molecule has 0 aliphatic heterocycles. The van der Waals surface area contributed by atoms with Crippen molar-refractivity contribution in [3.8, 4) is 0 Å². The van der Waals surface area contributed by atoms with Gasteiger partial charge in [0, 0.05) is 21.8 Å². The molecule has 0 saturated carbocycles. The number of ketones is 1. The number of thioether (sulfide) groups is 1. The van der Waals surface area contributed by atoms with Gasteiger partial charge in [0.2, 0.25) is 5.91 Å². The van der Waals surface area contributed by atoms with Crippen molar-refractivity contribution >= 4 is 57.8 Å². The normalized spacial score (nSPS) is 12.0. The van der Waals surface area contributed by atoms with Crippen LogP contribution in [0.3, 0.4) is 0 Å². The highest BCUT2D eigenvalue weighted by Gasteiger charge is 2.42. The van der Waals surface area contributed by atoms with Gasteiger partial charge in [-0.05, 0) is 68.0 Å². The summed E-state index contributed by atoms with van der Waals surface area (Å²) in [6.07, 6.45) is -5.61. The summed E-state index contributed by atoms with van der Waals surface area (Å²) in [6.45, 7) is 2.99. The second kappa shape index (κ2) is 12.7. The van der Waals surface area contributed by atoms with Crippen molar-refractivity contribution in [3.63, 3.8) is 0 Å². The molecule has 3 rings (SSSR count). The molecule has 5 nitrogen and oxygen atoms in total. The molecule has 3 N–H and O–H groups in total. The van der Waals surface area contributed by atoms with Gasteiger partial charge in [-0.2, -0.15) is 13.2 Å². The zero-order valence-electron chi connectivity index (χ0n) is 20.7. The SMILES string of the molecule is CCC(Sc1cccc(NC(=S)Nc2ccc(C(C)=O)cc2)c1)C(=O)Nc1c(F)c(F)c(C(F)(F)F)c(F)c1F. The number of alkyl halides is 3. The van der Waals surface area contributed by atoms with Crippen molar-refractivity contribution in [1.82, 2.24) is 0 Å². The zero-order valence-corrected chi connectivity index (χ0v) is 22.3. The average Bonchev–Trinajstić information content (AvgIpc) is 2.88. The molecular weight excluding hydrogens is 583 g/mol. The molecule has 0 radical (unpaired) electrons. The number of amides is 1. The maximum Gasteiger partial charge on any atom is 0.422 e. The van der Waals surface area contributed by atoms with Gasteiger partial charge in [0.15, 0.2) is 34.2 Å². The Hall–Kier alpha value is -3.65. The molecule has 0 aliphatic rings. The molecule has 0 heterocycles. The average molecular weight is 604 g/mol. The third-order valence-electron chi connectivity index (χ3n) is 5.38. The van der Waals surface area contributed by atoms with Crippen LogP contribution in [0.5, 0.6) is 0 Å². The maximum absolute atomic E-state index is 14.2. The molecule has 0 bridgehead atoms. The van der Waals surface area contributed by atoms with Gasteiger partial charge in [-0.15, -0.1) is 11.8 Å². The van der Waals surface area contributed by atoms with E-state index in [-0.39, 0.29) is 17.3 Å². The number of carbonyl (C=O) groups is 2. The lowest BCUT2D eigenvalue weighted by atomic mass is 10.1. The fraction of sp³-hybridized carbons (Fsp3) is 0.192. The van der Waals surface area contributed by atoms with E-state index in [9.17, 15) is 40.3 Å². The Bertz CT molecular complexity index is 1420. The lowest BCUT2D eigenvalue weighted by Crippen LogP contribution is -2.27. The third-order valence-corrected chi connectivity index (χ3v) is 6.94. The third kappa shape index (κ3) is 7.30. The summed E-state index contributed by atoms with van der Waals surface area (Å²) in [5.74, 6) is -11.3. The molecule has 3 aromatic carbocycles. The first kappa shape index (κ1) is 30.9. The zero-order chi connectivity index (χ0) is 29.8. The number of carbonyl (C=O) groups excluding carboxylic acids is 2. The number of hydrogen-bond donors (Lipinski definition) is 3. The molecule has 1 atom stereocenters. The summed E-state index contributed by atoms with van der Waals surface area (Å²) in [6, 6.07) is 13.1. The van der Waals surface area contributed by atoms with Crippen molar-refractivity contribution in [2.24, 2.45) is 0 Å². The molecule has 0 saturated heterocycles. The second-order valence-electron chi connectivity index (χ2n) is 8.25. The number of nitrogens with one attached hydrogen (secondary N) is 3. The molecule has 0 aliphatic carbocycles. The van der Waals surface area contributed by atoms with E-state index in [2.05, 4.69) is 10.6 Å². The van der Waals surface area contributed by atoms with E-state index in [1.54, 1.807) is 60.8 Å². The predicted octanol–water partition coefficient (Wildman–Crippen LogP) is 7.78. The Morgan fingerprint density at radius 2 is 1.45 bits per heavy atom. The Labute approximate surface area is 233 Å². The van der Waals surface area contributed by atoms with Crippen molar-refractivity contribution in [2.45, 2.75) is 36.6 Å². The largest absolute Gasteiger partial charge is 0.422 e. The van der Waals surface area contributed by atoms with Crippen LogP contribution in [-0.2, 0) is 11.0 Å². The van der Waals surface area contributed by atoms with E-state index >= 15 is 0 Å². The van der Waals surface area contributed by atoms with E-state index in [4.69, 9.17) is 12.2 Å². The predicted molar refractivity (Wildman–Crippen MR) is 143 cm³/mol. The number of anilines is 3. The fourth-order valence-corrected chi connectivity index (χ4v) is 4.66. The molecule has 0 aromatic heterocycles. The molecule has 1 unspecified atom stereocenters.